The van der Waals surface area contributed by atoms with Gasteiger partial charge in [0.25, 0.3) is 11.6 Å². The molecular formula is C24H15FN2O5. The molecule has 1 aromatic heterocycles. The van der Waals surface area contributed by atoms with Gasteiger partial charge in [0, 0.05) is 18.7 Å². The van der Waals surface area contributed by atoms with Crippen molar-refractivity contribution in [1.82, 2.24) is 4.90 Å². The maximum Gasteiger partial charge on any atom is 0.291 e. The summed E-state index contributed by atoms with van der Waals surface area (Å²) in [5.74, 6) is -1.01. The first-order chi connectivity index (χ1) is 15.4. The fourth-order valence-corrected chi connectivity index (χ4v) is 4.07. The molecule has 0 saturated carbocycles. The normalized spacial score (nSPS) is 15.2. The van der Waals surface area contributed by atoms with Crippen LogP contribution in [0.25, 0.3) is 11.0 Å². The van der Waals surface area contributed by atoms with E-state index >= 15 is 0 Å². The Labute approximate surface area is 180 Å². The largest absolute Gasteiger partial charge is 0.450 e. The molecule has 1 atom stereocenters. The van der Waals surface area contributed by atoms with Gasteiger partial charge in [0.1, 0.15) is 11.4 Å². The van der Waals surface area contributed by atoms with Gasteiger partial charge in [-0.25, -0.2) is 4.39 Å². The lowest BCUT2D eigenvalue weighted by atomic mass is 9.98. The van der Waals surface area contributed by atoms with Gasteiger partial charge in [0.2, 0.25) is 5.76 Å². The zero-order valence-corrected chi connectivity index (χ0v) is 16.5. The Morgan fingerprint density at radius 1 is 1.00 bits per heavy atom. The van der Waals surface area contributed by atoms with Gasteiger partial charge in [-0.3, -0.25) is 19.7 Å². The summed E-state index contributed by atoms with van der Waals surface area (Å²) >= 11 is 0. The number of hydrogen-bond acceptors (Lipinski definition) is 5. The van der Waals surface area contributed by atoms with Crippen LogP contribution in [0.15, 0.2) is 82.0 Å². The molecule has 1 unspecified atom stereocenters. The maximum absolute atomic E-state index is 13.4. The number of nitrogens with zero attached hydrogens (tertiary/aromatic N) is 2. The number of carbonyl (C=O) groups excluding carboxylic acids is 1. The van der Waals surface area contributed by atoms with E-state index < -0.39 is 22.7 Å². The molecule has 0 radical (unpaired) electrons. The number of nitro groups is 1. The standard InChI is InChI=1S/C24H15FN2O5/c25-16-10-8-14(9-11-16)13-26-21(15-4-3-5-17(12-15)27(30)31)20-22(28)18-6-1-2-7-19(18)32-23(20)24(26)29/h1-12,21H,13H2. The first kappa shape index (κ1) is 19.6. The summed E-state index contributed by atoms with van der Waals surface area (Å²) in [6, 6.07) is 17.2. The predicted octanol–water partition coefficient (Wildman–Crippen LogP) is 4.59. The topological polar surface area (TPSA) is 93.7 Å². The lowest BCUT2D eigenvalue weighted by Crippen LogP contribution is -2.29. The number of benzene rings is 3. The van der Waals surface area contributed by atoms with E-state index in [0.29, 0.717) is 16.5 Å². The van der Waals surface area contributed by atoms with Gasteiger partial charge < -0.3 is 9.32 Å². The third-order valence-electron chi connectivity index (χ3n) is 5.54. The van der Waals surface area contributed by atoms with Gasteiger partial charge in [-0.1, -0.05) is 36.4 Å². The number of non-ortho nitro benzene ring substituents is 1. The molecule has 1 amide bonds. The van der Waals surface area contributed by atoms with Gasteiger partial charge >= 0.3 is 0 Å². The molecule has 0 N–H and O–H groups in total. The minimum Gasteiger partial charge on any atom is -0.450 e. The fourth-order valence-electron chi connectivity index (χ4n) is 4.07. The number of hydrogen-bond donors (Lipinski definition) is 0. The summed E-state index contributed by atoms with van der Waals surface area (Å²) < 4.78 is 19.2. The van der Waals surface area contributed by atoms with E-state index in [9.17, 15) is 24.1 Å². The molecule has 2 heterocycles. The van der Waals surface area contributed by atoms with Gasteiger partial charge in [-0.2, -0.15) is 0 Å². The van der Waals surface area contributed by atoms with Crippen LogP contribution in [0.4, 0.5) is 10.1 Å². The number of fused-ring (bicyclic) bond motifs is 2. The third-order valence-corrected chi connectivity index (χ3v) is 5.54. The van der Waals surface area contributed by atoms with Crippen molar-refractivity contribution in [3.63, 3.8) is 0 Å². The minimum atomic E-state index is -0.886. The van der Waals surface area contributed by atoms with Crippen LogP contribution in [0.3, 0.4) is 0 Å². The van der Waals surface area contributed by atoms with E-state index in [-0.39, 0.29) is 34.6 Å². The number of para-hydroxylation sites is 1. The smallest absolute Gasteiger partial charge is 0.291 e. The monoisotopic (exact) mass is 430 g/mol. The molecule has 158 valence electrons. The van der Waals surface area contributed by atoms with Gasteiger partial charge in [-0.05, 0) is 35.4 Å². The van der Waals surface area contributed by atoms with E-state index in [1.54, 1.807) is 42.5 Å². The number of halogens is 1. The van der Waals surface area contributed by atoms with Crippen LogP contribution in [-0.4, -0.2) is 15.7 Å². The van der Waals surface area contributed by atoms with Gasteiger partial charge in [0.05, 0.1) is 21.9 Å². The Kier molecular flexibility index (Phi) is 4.55. The van der Waals surface area contributed by atoms with E-state index in [0.717, 1.165) is 0 Å². The lowest BCUT2D eigenvalue weighted by molar-refractivity contribution is -0.384. The Morgan fingerprint density at radius 2 is 1.75 bits per heavy atom. The summed E-state index contributed by atoms with van der Waals surface area (Å²) in [6.07, 6.45) is 0. The number of carbonyl (C=O) groups is 1. The quantitative estimate of drug-likeness (QED) is 0.349. The maximum atomic E-state index is 13.4. The van der Waals surface area contributed by atoms with Crippen LogP contribution >= 0.6 is 0 Å². The zero-order valence-electron chi connectivity index (χ0n) is 16.5. The van der Waals surface area contributed by atoms with Crippen LogP contribution in [-0.2, 0) is 6.54 Å². The highest BCUT2D eigenvalue weighted by Crippen LogP contribution is 2.39. The van der Waals surface area contributed by atoms with Crippen molar-refractivity contribution in [1.29, 1.82) is 0 Å². The summed E-state index contributed by atoms with van der Waals surface area (Å²) in [4.78, 5) is 39.0. The Balaban J connectivity index is 1.72. The van der Waals surface area contributed by atoms with E-state index in [1.807, 2.05) is 0 Å². The van der Waals surface area contributed by atoms with Crippen LogP contribution in [0.1, 0.15) is 33.3 Å². The summed E-state index contributed by atoms with van der Waals surface area (Å²) in [7, 11) is 0. The molecular weight excluding hydrogens is 415 g/mol. The summed E-state index contributed by atoms with van der Waals surface area (Å²) in [6.45, 7) is 0.0620. The van der Waals surface area contributed by atoms with E-state index in [1.165, 1.54) is 35.2 Å². The second-order valence-corrected chi connectivity index (χ2v) is 7.48. The average Bonchev–Trinajstić information content (AvgIpc) is 3.07. The van der Waals surface area contributed by atoms with Crippen LogP contribution < -0.4 is 5.43 Å². The highest BCUT2D eigenvalue weighted by Gasteiger charge is 2.43. The van der Waals surface area contributed by atoms with Crippen LogP contribution in [0, 0.1) is 15.9 Å². The molecule has 7 nitrogen and oxygen atoms in total. The van der Waals surface area contributed by atoms with E-state index in [2.05, 4.69) is 0 Å². The molecule has 32 heavy (non-hydrogen) atoms. The highest BCUT2D eigenvalue weighted by molar-refractivity contribution is 5.99. The first-order valence-electron chi connectivity index (χ1n) is 9.79. The van der Waals surface area contributed by atoms with Crippen molar-refractivity contribution in [2.75, 3.05) is 0 Å². The van der Waals surface area contributed by atoms with Crippen molar-refractivity contribution in [2.45, 2.75) is 12.6 Å². The van der Waals surface area contributed by atoms with Crippen molar-refractivity contribution in [3.05, 3.63) is 121 Å². The Bertz CT molecular complexity index is 1450. The van der Waals surface area contributed by atoms with Crippen molar-refractivity contribution >= 4 is 22.6 Å². The molecule has 0 saturated heterocycles. The van der Waals surface area contributed by atoms with Crippen molar-refractivity contribution in [3.8, 4) is 0 Å². The SMILES string of the molecule is O=C1c2oc3ccccc3c(=O)c2C(c2cccc([N+](=O)[O-])c2)N1Cc1ccc(F)cc1. The number of nitro benzene ring substituents is 1. The second-order valence-electron chi connectivity index (χ2n) is 7.48. The first-order valence-corrected chi connectivity index (χ1v) is 9.79. The molecule has 0 fully saturated rings. The Hall–Kier alpha value is -4.33. The molecule has 5 rings (SSSR count). The predicted molar refractivity (Wildman–Crippen MR) is 114 cm³/mol. The zero-order chi connectivity index (χ0) is 22.4. The summed E-state index contributed by atoms with van der Waals surface area (Å²) in [5, 5.41) is 11.7. The molecule has 0 aliphatic carbocycles. The van der Waals surface area contributed by atoms with Crippen LogP contribution in [0.2, 0.25) is 0 Å². The lowest BCUT2D eigenvalue weighted by Gasteiger charge is -2.25. The summed E-state index contributed by atoms with van der Waals surface area (Å²) in [5.41, 5.74) is 0.946. The van der Waals surface area contributed by atoms with Gasteiger partial charge in [0.15, 0.2) is 5.43 Å². The number of amides is 1. The second kappa shape index (κ2) is 7.42. The molecule has 1 aliphatic rings. The van der Waals surface area contributed by atoms with E-state index in [4.69, 9.17) is 4.42 Å². The molecule has 0 bridgehead atoms. The van der Waals surface area contributed by atoms with Crippen molar-refractivity contribution in [2.24, 2.45) is 0 Å². The molecule has 0 spiro atoms. The highest BCUT2D eigenvalue weighted by atomic mass is 19.1. The third kappa shape index (κ3) is 3.13. The molecule has 3 aromatic carbocycles. The van der Waals surface area contributed by atoms with Crippen LogP contribution in [0.5, 0.6) is 0 Å². The molecule has 1 aliphatic heterocycles. The van der Waals surface area contributed by atoms with Crippen molar-refractivity contribution < 1.29 is 18.5 Å². The molecule has 8 heteroatoms. The number of rotatable bonds is 4. The fraction of sp³-hybridized carbons (Fsp3) is 0.0833. The Morgan fingerprint density at radius 3 is 2.50 bits per heavy atom. The van der Waals surface area contributed by atoms with Gasteiger partial charge in [-0.15, -0.1) is 0 Å². The average molecular weight is 430 g/mol. The molecule has 4 aromatic rings. The minimum absolute atomic E-state index is 0.0620.